The van der Waals surface area contributed by atoms with Gasteiger partial charge in [0.2, 0.25) is 5.91 Å². The van der Waals surface area contributed by atoms with Gasteiger partial charge < -0.3 is 15.0 Å². The molecule has 4 nitrogen and oxygen atoms in total. The maximum absolute atomic E-state index is 12.9. The molecule has 6 heteroatoms. The molecule has 0 bridgehead atoms. The van der Waals surface area contributed by atoms with Crippen LogP contribution in [-0.4, -0.2) is 38.0 Å². The molecule has 0 aliphatic carbocycles. The van der Waals surface area contributed by atoms with E-state index < -0.39 is 0 Å². The highest BCUT2D eigenvalue weighted by Gasteiger charge is 2.19. The number of hydrogen-bond acceptors (Lipinski definition) is 4. The molecule has 138 valence electrons. The Kier molecular flexibility index (Phi) is 6.52. The summed E-state index contributed by atoms with van der Waals surface area (Å²) in [5.41, 5.74) is 1.92. The highest BCUT2D eigenvalue weighted by molar-refractivity contribution is 8.00. The van der Waals surface area contributed by atoms with Gasteiger partial charge in [0.05, 0.1) is 11.9 Å². The summed E-state index contributed by atoms with van der Waals surface area (Å²) in [6.45, 7) is 1.93. The summed E-state index contributed by atoms with van der Waals surface area (Å²) in [7, 11) is 1.76. The number of benzene rings is 2. The molecule has 0 aromatic heterocycles. The van der Waals surface area contributed by atoms with Gasteiger partial charge in [0.15, 0.2) is 0 Å². The molecule has 1 aliphatic heterocycles. The van der Waals surface area contributed by atoms with Gasteiger partial charge in [-0.3, -0.25) is 4.79 Å². The van der Waals surface area contributed by atoms with Crippen LogP contribution < -0.4 is 10.2 Å². The standard InChI is InChI=1S/C20H23FN2O2S/c1-25-18-3-2-12-23(13-18)17-8-6-16(7-9-17)22-20(24)14-26-19-10-4-15(21)5-11-19/h4-11,18H,2-3,12-14H2,1H3,(H,22,24). The van der Waals surface area contributed by atoms with Gasteiger partial charge in [-0.2, -0.15) is 0 Å². The molecular weight excluding hydrogens is 351 g/mol. The molecule has 1 N–H and O–H groups in total. The number of carbonyl (C=O) groups excluding carboxylic acids is 1. The average molecular weight is 374 g/mol. The minimum Gasteiger partial charge on any atom is -0.380 e. The van der Waals surface area contributed by atoms with Crippen LogP contribution in [0.2, 0.25) is 0 Å². The van der Waals surface area contributed by atoms with E-state index in [0.29, 0.717) is 0 Å². The molecule has 1 aliphatic rings. The monoisotopic (exact) mass is 374 g/mol. The van der Waals surface area contributed by atoms with Crippen molar-refractivity contribution in [3.63, 3.8) is 0 Å². The zero-order valence-corrected chi connectivity index (χ0v) is 15.6. The number of anilines is 2. The second kappa shape index (κ2) is 9.05. The van der Waals surface area contributed by atoms with Gasteiger partial charge in [0.25, 0.3) is 0 Å². The van der Waals surface area contributed by atoms with Crippen LogP contribution in [0.15, 0.2) is 53.4 Å². The highest BCUT2D eigenvalue weighted by atomic mass is 32.2. The lowest BCUT2D eigenvalue weighted by Crippen LogP contribution is -2.39. The highest BCUT2D eigenvalue weighted by Crippen LogP contribution is 2.23. The van der Waals surface area contributed by atoms with E-state index >= 15 is 0 Å². The molecular formula is C20H23FN2O2S. The Bertz CT molecular complexity index is 722. The van der Waals surface area contributed by atoms with Crippen molar-refractivity contribution in [3.8, 4) is 0 Å². The van der Waals surface area contributed by atoms with Crippen LogP contribution in [0.3, 0.4) is 0 Å². The van der Waals surface area contributed by atoms with E-state index in [1.54, 1.807) is 19.2 Å². The van der Waals surface area contributed by atoms with Crippen molar-refractivity contribution in [2.24, 2.45) is 0 Å². The SMILES string of the molecule is COC1CCCN(c2ccc(NC(=O)CSc3ccc(F)cc3)cc2)C1. The number of nitrogens with one attached hydrogen (secondary N) is 1. The predicted octanol–water partition coefficient (Wildman–Crippen LogP) is 4.17. The van der Waals surface area contributed by atoms with Gasteiger partial charge in [-0.15, -0.1) is 11.8 Å². The third-order valence-corrected chi connectivity index (χ3v) is 5.42. The second-order valence-electron chi connectivity index (χ2n) is 6.28. The number of hydrogen-bond donors (Lipinski definition) is 1. The van der Waals surface area contributed by atoms with Crippen LogP contribution in [0.4, 0.5) is 15.8 Å². The van der Waals surface area contributed by atoms with Crippen LogP contribution in [0, 0.1) is 5.82 Å². The lowest BCUT2D eigenvalue weighted by molar-refractivity contribution is -0.113. The number of nitrogens with zero attached hydrogens (tertiary/aromatic N) is 1. The molecule has 2 aromatic rings. The first-order chi connectivity index (χ1) is 12.6. The van der Waals surface area contributed by atoms with Gasteiger partial charge in [0.1, 0.15) is 5.82 Å². The Balaban J connectivity index is 1.50. The smallest absolute Gasteiger partial charge is 0.234 e. The van der Waals surface area contributed by atoms with Crippen LogP contribution in [0.1, 0.15) is 12.8 Å². The molecule has 3 rings (SSSR count). The number of halogens is 1. The fourth-order valence-corrected chi connectivity index (χ4v) is 3.70. The summed E-state index contributed by atoms with van der Waals surface area (Å²) < 4.78 is 18.4. The maximum atomic E-state index is 12.9. The van der Waals surface area contributed by atoms with Crippen molar-refractivity contribution in [2.45, 2.75) is 23.8 Å². The van der Waals surface area contributed by atoms with Crippen molar-refractivity contribution in [1.82, 2.24) is 0 Å². The molecule has 0 radical (unpaired) electrons. The number of ether oxygens (including phenoxy) is 1. The van der Waals surface area contributed by atoms with Gasteiger partial charge in [-0.1, -0.05) is 0 Å². The average Bonchev–Trinajstić information content (AvgIpc) is 2.68. The molecule has 0 saturated carbocycles. The number of methoxy groups -OCH3 is 1. The Labute approximate surface area is 157 Å². The third-order valence-electron chi connectivity index (χ3n) is 4.41. The quantitative estimate of drug-likeness (QED) is 0.771. The zero-order chi connectivity index (χ0) is 18.4. The fraction of sp³-hybridized carbons (Fsp3) is 0.350. The number of rotatable bonds is 6. The molecule has 1 fully saturated rings. The molecule has 0 spiro atoms. The molecule has 1 atom stereocenters. The second-order valence-corrected chi connectivity index (χ2v) is 7.33. The molecule has 1 amide bonds. The number of piperidine rings is 1. The predicted molar refractivity (Wildman–Crippen MR) is 104 cm³/mol. The van der Waals surface area contributed by atoms with Gasteiger partial charge >= 0.3 is 0 Å². The summed E-state index contributed by atoms with van der Waals surface area (Å²) in [5.74, 6) is -0.0661. The number of thioether (sulfide) groups is 1. The summed E-state index contributed by atoms with van der Waals surface area (Å²) in [5, 5.41) is 2.90. The first-order valence-corrected chi connectivity index (χ1v) is 9.68. The number of amides is 1. The van der Waals surface area contributed by atoms with Crippen LogP contribution in [0.5, 0.6) is 0 Å². The molecule has 1 unspecified atom stereocenters. The van der Waals surface area contributed by atoms with E-state index in [1.807, 2.05) is 24.3 Å². The van der Waals surface area contributed by atoms with E-state index in [-0.39, 0.29) is 23.6 Å². The third kappa shape index (κ3) is 5.22. The minimum absolute atomic E-state index is 0.0792. The van der Waals surface area contributed by atoms with Crippen molar-refractivity contribution in [3.05, 3.63) is 54.3 Å². The number of carbonyl (C=O) groups is 1. The first-order valence-electron chi connectivity index (χ1n) is 8.70. The van der Waals surface area contributed by atoms with Crippen LogP contribution >= 0.6 is 11.8 Å². The fourth-order valence-electron chi connectivity index (χ4n) is 3.00. The normalized spacial score (nSPS) is 17.2. The van der Waals surface area contributed by atoms with E-state index in [2.05, 4.69) is 10.2 Å². The van der Waals surface area contributed by atoms with E-state index in [0.717, 1.165) is 42.2 Å². The minimum atomic E-state index is -0.274. The lowest BCUT2D eigenvalue weighted by Gasteiger charge is -2.33. The summed E-state index contributed by atoms with van der Waals surface area (Å²) in [6, 6.07) is 14.0. The summed E-state index contributed by atoms with van der Waals surface area (Å²) >= 11 is 1.38. The lowest BCUT2D eigenvalue weighted by atomic mass is 10.1. The van der Waals surface area contributed by atoms with Crippen molar-refractivity contribution < 1.29 is 13.9 Å². The topological polar surface area (TPSA) is 41.6 Å². The maximum Gasteiger partial charge on any atom is 0.234 e. The Morgan fingerprint density at radius 2 is 1.96 bits per heavy atom. The molecule has 26 heavy (non-hydrogen) atoms. The summed E-state index contributed by atoms with van der Waals surface area (Å²) in [4.78, 5) is 15.3. The van der Waals surface area contributed by atoms with E-state index in [4.69, 9.17) is 4.74 Å². The van der Waals surface area contributed by atoms with Crippen LogP contribution in [0.25, 0.3) is 0 Å². The molecule has 2 aromatic carbocycles. The Morgan fingerprint density at radius 3 is 2.65 bits per heavy atom. The van der Waals surface area contributed by atoms with Crippen LogP contribution in [-0.2, 0) is 9.53 Å². The molecule has 1 saturated heterocycles. The largest absolute Gasteiger partial charge is 0.380 e. The van der Waals surface area contributed by atoms with Crippen molar-refractivity contribution in [2.75, 3.05) is 36.2 Å². The first kappa shape index (κ1) is 18.7. The zero-order valence-electron chi connectivity index (χ0n) is 14.8. The van der Waals surface area contributed by atoms with Crippen molar-refractivity contribution in [1.29, 1.82) is 0 Å². The van der Waals surface area contributed by atoms with E-state index in [9.17, 15) is 9.18 Å². The van der Waals surface area contributed by atoms with Gasteiger partial charge in [-0.05, 0) is 61.4 Å². The van der Waals surface area contributed by atoms with Gasteiger partial charge in [-0.25, -0.2) is 4.39 Å². The van der Waals surface area contributed by atoms with Gasteiger partial charge in [0, 0.05) is 36.5 Å². The summed E-state index contributed by atoms with van der Waals surface area (Å²) in [6.07, 6.45) is 2.51. The molecule has 1 heterocycles. The Hall–Kier alpha value is -2.05. The van der Waals surface area contributed by atoms with Crippen molar-refractivity contribution >= 4 is 29.0 Å². The Morgan fingerprint density at radius 1 is 1.23 bits per heavy atom. The van der Waals surface area contributed by atoms with E-state index in [1.165, 1.54) is 23.9 Å².